The summed E-state index contributed by atoms with van der Waals surface area (Å²) in [6, 6.07) is 9.01. The highest BCUT2D eigenvalue weighted by atomic mass is 16.2. The van der Waals surface area contributed by atoms with Crippen LogP contribution in [0.2, 0.25) is 0 Å². The number of hydrogen-bond acceptors (Lipinski definition) is 2. The van der Waals surface area contributed by atoms with E-state index in [1.807, 2.05) is 0 Å². The van der Waals surface area contributed by atoms with Gasteiger partial charge in [-0.15, -0.1) is 0 Å². The number of hydrogen-bond donors (Lipinski definition) is 2. The van der Waals surface area contributed by atoms with Crippen LogP contribution in [0.5, 0.6) is 0 Å². The van der Waals surface area contributed by atoms with E-state index in [-0.39, 0.29) is 11.3 Å². The lowest BCUT2D eigenvalue weighted by atomic mass is 9.68. The van der Waals surface area contributed by atoms with Crippen molar-refractivity contribution in [1.82, 2.24) is 10.6 Å². The molecule has 120 valence electrons. The molecule has 1 saturated carbocycles. The molecule has 0 spiro atoms. The third kappa shape index (κ3) is 3.19. The van der Waals surface area contributed by atoms with Crippen LogP contribution in [-0.2, 0) is 10.2 Å². The van der Waals surface area contributed by atoms with Crippen LogP contribution in [-0.4, -0.2) is 25.0 Å². The van der Waals surface area contributed by atoms with Crippen LogP contribution >= 0.6 is 0 Å². The summed E-state index contributed by atoms with van der Waals surface area (Å²) in [7, 11) is 0. The zero-order valence-corrected chi connectivity index (χ0v) is 13.7. The van der Waals surface area contributed by atoms with Crippen molar-refractivity contribution in [1.29, 1.82) is 0 Å². The van der Waals surface area contributed by atoms with Crippen molar-refractivity contribution in [2.75, 3.05) is 13.1 Å². The van der Waals surface area contributed by atoms with Crippen molar-refractivity contribution in [3.05, 3.63) is 35.4 Å². The molecule has 0 radical (unpaired) electrons. The van der Waals surface area contributed by atoms with Gasteiger partial charge in [0.1, 0.15) is 0 Å². The molecule has 1 aromatic carbocycles. The lowest BCUT2D eigenvalue weighted by Gasteiger charge is -2.37. The molecule has 1 aliphatic carbocycles. The molecule has 1 saturated heterocycles. The monoisotopic (exact) mass is 300 g/mol. The van der Waals surface area contributed by atoms with Gasteiger partial charge in [-0.3, -0.25) is 4.79 Å². The van der Waals surface area contributed by atoms with E-state index in [0.717, 1.165) is 38.8 Å². The van der Waals surface area contributed by atoms with Gasteiger partial charge in [0, 0.05) is 12.6 Å². The average molecular weight is 300 g/mol. The number of carbonyl (C=O) groups excluding carboxylic acids is 1. The minimum atomic E-state index is -0.303. The number of benzene rings is 1. The first-order valence-electron chi connectivity index (χ1n) is 8.79. The van der Waals surface area contributed by atoms with Crippen molar-refractivity contribution in [3.8, 4) is 0 Å². The summed E-state index contributed by atoms with van der Waals surface area (Å²) in [5.41, 5.74) is 2.15. The number of nitrogens with one attached hydrogen (secondary N) is 2. The number of rotatable bonds is 4. The molecular weight excluding hydrogens is 272 g/mol. The van der Waals surface area contributed by atoms with E-state index in [4.69, 9.17) is 0 Å². The van der Waals surface area contributed by atoms with Gasteiger partial charge in [0.25, 0.3) is 0 Å². The van der Waals surface area contributed by atoms with Crippen molar-refractivity contribution in [3.63, 3.8) is 0 Å². The number of aryl methyl sites for hydroxylation is 1. The average Bonchev–Trinajstić information content (AvgIpc) is 3.06. The van der Waals surface area contributed by atoms with Crippen LogP contribution < -0.4 is 10.6 Å². The molecule has 0 bridgehead atoms. The zero-order valence-electron chi connectivity index (χ0n) is 13.7. The Morgan fingerprint density at radius 1 is 1.27 bits per heavy atom. The van der Waals surface area contributed by atoms with E-state index >= 15 is 0 Å². The smallest absolute Gasteiger partial charge is 0.230 e. The molecule has 3 rings (SSSR count). The largest absolute Gasteiger partial charge is 0.354 e. The van der Waals surface area contributed by atoms with Gasteiger partial charge >= 0.3 is 0 Å². The highest BCUT2D eigenvalue weighted by Gasteiger charge is 2.41. The normalized spacial score (nSPS) is 24.1. The molecule has 1 heterocycles. The van der Waals surface area contributed by atoms with Crippen molar-refractivity contribution in [2.24, 2.45) is 0 Å². The van der Waals surface area contributed by atoms with Gasteiger partial charge in [0.2, 0.25) is 5.91 Å². The SMILES string of the molecule is Cc1cccc(C2(C(=O)NCC3CCCN3)CCCCC2)c1. The first-order chi connectivity index (χ1) is 10.7. The lowest BCUT2D eigenvalue weighted by molar-refractivity contribution is -0.128. The summed E-state index contributed by atoms with van der Waals surface area (Å²) in [5.74, 6) is 0.242. The van der Waals surface area contributed by atoms with E-state index in [9.17, 15) is 4.79 Å². The van der Waals surface area contributed by atoms with E-state index in [0.29, 0.717) is 6.04 Å². The summed E-state index contributed by atoms with van der Waals surface area (Å²) in [4.78, 5) is 13.0. The van der Waals surface area contributed by atoms with Crippen molar-refractivity contribution >= 4 is 5.91 Å². The fourth-order valence-corrected chi connectivity index (χ4v) is 4.06. The van der Waals surface area contributed by atoms with Gasteiger partial charge in [0.05, 0.1) is 5.41 Å². The van der Waals surface area contributed by atoms with Crippen LogP contribution in [0.15, 0.2) is 24.3 Å². The van der Waals surface area contributed by atoms with Gasteiger partial charge < -0.3 is 10.6 Å². The summed E-state index contributed by atoms with van der Waals surface area (Å²) in [6.45, 7) is 3.97. The highest BCUT2D eigenvalue weighted by molar-refractivity contribution is 5.88. The minimum absolute atomic E-state index is 0.242. The third-order valence-corrected chi connectivity index (χ3v) is 5.38. The second-order valence-electron chi connectivity index (χ2n) is 7.02. The Morgan fingerprint density at radius 2 is 2.09 bits per heavy atom. The fourth-order valence-electron chi connectivity index (χ4n) is 4.06. The third-order valence-electron chi connectivity index (χ3n) is 5.38. The molecule has 3 heteroatoms. The Balaban J connectivity index is 1.77. The Morgan fingerprint density at radius 3 is 2.77 bits per heavy atom. The Hall–Kier alpha value is -1.35. The van der Waals surface area contributed by atoms with E-state index in [2.05, 4.69) is 41.8 Å². The van der Waals surface area contributed by atoms with E-state index in [1.165, 1.54) is 30.4 Å². The standard InChI is InChI=1S/C19H28N2O/c1-15-7-5-8-16(13-15)19(10-3-2-4-11-19)18(22)21-14-17-9-6-12-20-17/h5,7-8,13,17,20H,2-4,6,9-12,14H2,1H3,(H,21,22). The molecule has 22 heavy (non-hydrogen) atoms. The summed E-state index contributed by atoms with van der Waals surface area (Å²) in [5, 5.41) is 6.71. The maximum atomic E-state index is 13.0. The van der Waals surface area contributed by atoms with E-state index in [1.54, 1.807) is 0 Å². The summed E-state index contributed by atoms with van der Waals surface area (Å²) >= 11 is 0. The van der Waals surface area contributed by atoms with Crippen LogP contribution in [0.4, 0.5) is 0 Å². The first kappa shape index (κ1) is 15.5. The van der Waals surface area contributed by atoms with E-state index < -0.39 is 0 Å². The number of carbonyl (C=O) groups is 1. The van der Waals surface area contributed by atoms with Gasteiger partial charge in [0.15, 0.2) is 0 Å². The van der Waals surface area contributed by atoms with Crippen LogP contribution in [0.25, 0.3) is 0 Å². The Bertz CT molecular complexity index is 514. The molecule has 3 nitrogen and oxygen atoms in total. The molecular formula is C19H28N2O. The minimum Gasteiger partial charge on any atom is -0.354 e. The lowest BCUT2D eigenvalue weighted by Crippen LogP contribution is -2.48. The Kier molecular flexibility index (Phi) is 4.82. The molecule has 1 unspecified atom stereocenters. The Labute approximate surface area is 133 Å². The second-order valence-corrected chi connectivity index (χ2v) is 7.02. The van der Waals surface area contributed by atoms with Gasteiger partial charge in [-0.1, -0.05) is 49.1 Å². The van der Waals surface area contributed by atoms with Crippen LogP contribution in [0.3, 0.4) is 0 Å². The molecule has 1 aliphatic heterocycles. The highest BCUT2D eigenvalue weighted by Crippen LogP contribution is 2.40. The quantitative estimate of drug-likeness (QED) is 0.897. The molecule has 2 aliphatic rings. The summed E-state index contributed by atoms with van der Waals surface area (Å²) in [6.07, 6.45) is 7.94. The van der Waals surface area contributed by atoms with Crippen molar-refractivity contribution < 1.29 is 4.79 Å². The maximum Gasteiger partial charge on any atom is 0.230 e. The molecule has 1 aromatic rings. The predicted molar refractivity (Wildman–Crippen MR) is 90.0 cm³/mol. The molecule has 1 amide bonds. The maximum absolute atomic E-state index is 13.0. The molecule has 2 N–H and O–H groups in total. The molecule has 2 fully saturated rings. The summed E-state index contributed by atoms with van der Waals surface area (Å²) < 4.78 is 0. The van der Waals surface area contributed by atoms with Crippen molar-refractivity contribution in [2.45, 2.75) is 63.3 Å². The molecule has 0 aromatic heterocycles. The number of amides is 1. The van der Waals surface area contributed by atoms with Crippen LogP contribution in [0, 0.1) is 6.92 Å². The zero-order chi connectivity index (χ0) is 15.4. The molecule has 1 atom stereocenters. The van der Waals surface area contributed by atoms with Gasteiger partial charge in [-0.2, -0.15) is 0 Å². The van der Waals surface area contributed by atoms with Crippen LogP contribution in [0.1, 0.15) is 56.1 Å². The predicted octanol–water partition coefficient (Wildman–Crippen LogP) is 3.07. The topological polar surface area (TPSA) is 41.1 Å². The van der Waals surface area contributed by atoms with Gasteiger partial charge in [-0.25, -0.2) is 0 Å². The van der Waals surface area contributed by atoms with Gasteiger partial charge in [-0.05, 0) is 44.7 Å². The fraction of sp³-hybridized carbons (Fsp3) is 0.632. The first-order valence-corrected chi connectivity index (χ1v) is 8.79. The second kappa shape index (κ2) is 6.82.